The minimum absolute atomic E-state index is 0.127. The van der Waals surface area contributed by atoms with E-state index in [4.69, 9.17) is 5.73 Å². The smallest absolute Gasteiger partial charge is 0.182 e. The maximum Gasteiger partial charge on any atom is 0.182 e. The number of benzene rings is 2. The lowest BCUT2D eigenvalue weighted by Crippen LogP contribution is -1.98. The molecule has 0 aliphatic carbocycles. The molecule has 1 heterocycles. The molecule has 0 radical (unpaired) electrons. The minimum Gasteiger partial charge on any atom is -0.399 e. The number of hydrogen-bond donors (Lipinski definition) is 1. The van der Waals surface area contributed by atoms with Crippen LogP contribution in [-0.4, -0.2) is 9.19 Å². The van der Waals surface area contributed by atoms with Gasteiger partial charge in [-0.3, -0.25) is 4.21 Å². The largest absolute Gasteiger partial charge is 0.399 e. The average Bonchev–Trinajstić information content (AvgIpc) is 2.84. The summed E-state index contributed by atoms with van der Waals surface area (Å²) in [7, 11) is -1.36. The van der Waals surface area contributed by atoms with Crippen molar-refractivity contribution in [2.24, 2.45) is 0 Å². The molecule has 1 aromatic heterocycles. The van der Waals surface area contributed by atoms with E-state index in [0.717, 1.165) is 10.2 Å². The number of halogens is 1. The van der Waals surface area contributed by atoms with Crippen molar-refractivity contribution in [3.05, 3.63) is 53.8 Å². The summed E-state index contributed by atoms with van der Waals surface area (Å²) in [6.45, 7) is 0. The van der Waals surface area contributed by atoms with Crippen LogP contribution >= 0.6 is 11.3 Å². The number of nitrogens with zero attached hydrogens (tertiary/aromatic N) is 1. The molecule has 20 heavy (non-hydrogen) atoms. The lowest BCUT2D eigenvalue weighted by Gasteiger charge is -2.00. The SMILES string of the molecule is Nc1ccc2nc(S(=O)Cc3ccccc3F)sc2c1. The van der Waals surface area contributed by atoms with Crippen molar-refractivity contribution in [2.45, 2.75) is 10.1 Å². The van der Waals surface area contributed by atoms with Crippen molar-refractivity contribution < 1.29 is 8.60 Å². The standard InChI is InChI=1S/C14H11FN2OS2/c15-11-4-2-1-3-9(11)8-20(18)14-17-12-6-5-10(16)7-13(12)19-14/h1-7H,8,16H2. The molecule has 0 bridgehead atoms. The fraction of sp³-hybridized carbons (Fsp3) is 0.0714. The molecule has 0 amide bonds. The molecule has 2 aromatic carbocycles. The summed E-state index contributed by atoms with van der Waals surface area (Å²) in [5.41, 5.74) is 7.55. The van der Waals surface area contributed by atoms with E-state index < -0.39 is 10.8 Å². The molecule has 0 saturated heterocycles. The molecule has 3 aromatic rings. The number of thiazole rings is 1. The highest BCUT2D eigenvalue weighted by molar-refractivity contribution is 7.86. The van der Waals surface area contributed by atoms with Crippen LogP contribution in [0, 0.1) is 5.82 Å². The molecule has 6 heteroatoms. The van der Waals surface area contributed by atoms with Crippen LogP contribution in [0.25, 0.3) is 10.2 Å². The molecule has 0 spiro atoms. The summed E-state index contributed by atoms with van der Waals surface area (Å²) in [6, 6.07) is 11.7. The Balaban J connectivity index is 1.91. The van der Waals surface area contributed by atoms with Crippen molar-refractivity contribution >= 4 is 38.0 Å². The van der Waals surface area contributed by atoms with Crippen LogP contribution in [0.2, 0.25) is 0 Å². The predicted molar refractivity (Wildman–Crippen MR) is 80.5 cm³/mol. The van der Waals surface area contributed by atoms with Crippen LogP contribution in [0.15, 0.2) is 46.8 Å². The second-order valence-corrected chi connectivity index (χ2v) is 6.94. The van der Waals surface area contributed by atoms with Gasteiger partial charge in [-0.1, -0.05) is 18.2 Å². The molecule has 1 atom stereocenters. The third-order valence-electron chi connectivity index (χ3n) is 2.83. The maximum atomic E-state index is 13.6. The first-order chi connectivity index (χ1) is 9.63. The highest BCUT2D eigenvalue weighted by Gasteiger charge is 2.13. The second kappa shape index (κ2) is 5.30. The molecule has 0 fully saturated rings. The fourth-order valence-corrected chi connectivity index (χ4v) is 4.24. The Hall–Kier alpha value is -1.79. The monoisotopic (exact) mass is 306 g/mol. The van der Waals surface area contributed by atoms with Crippen molar-refractivity contribution in [1.29, 1.82) is 0 Å². The molecule has 102 valence electrons. The van der Waals surface area contributed by atoms with Gasteiger partial charge in [0.25, 0.3) is 0 Å². The molecule has 3 nitrogen and oxygen atoms in total. The predicted octanol–water partition coefficient (Wildman–Crippen LogP) is 3.33. The Bertz CT molecular complexity index is 801. The molecule has 0 aliphatic rings. The Labute approximate surface area is 121 Å². The zero-order chi connectivity index (χ0) is 14.1. The van der Waals surface area contributed by atoms with Crippen molar-refractivity contribution in [3.63, 3.8) is 0 Å². The number of nitrogens with two attached hydrogens (primary N) is 1. The Morgan fingerprint density at radius 2 is 2.05 bits per heavy atom. The summed E-state index contributed by atoms with van der Waals surface area (Å²) in [5.74, 6) is -0.215. The molecule has 3 rings (SSSR count). The van der Waals surface area contributed by atoms with Crippen LogP contribution in [0.3, 0.4) is 0 Å². The molecule has 1 unspecified atom stereocenters. The molecular formula is C14H11FN2OS2. The lowest BCUT2D eigenvalue weighted by molar-refractivity contribution is 0.615. The van der Waals surface area contributed by atoms with Crippen molar-refractivity contribution in [1.82, 2.24) is 4.98 Å². The Morgan fingerprint density at radius 3 is 2.85 bits per heavy atom. The van der Waals surface area contributed by atoms with Crippen LogP contribution in [-0.2, 0) is 16.6 Å². The highest BCUT2D eigenvalue weighted by Crippen LogP contribution is 2.27. The van der Waals surface area contributed by atoms with Crippen molar-refractivity contribution in [3.8, 4) is 0 Å². The summed E-state index contributed by atoms with van der Waals surface area (Å²) < 4.78 is 27.2. The van der Waals surface area contributed by atoms with E-state index in [1.165, 1.54) is 17.4 Å². The van der Waals surface area contributed by atoms with Gasteiger partial charge < -0.3 is 5.73 Å². The number of hydrogen-bond acceptors (Lipinski definition) is 4. The summed E-state index contributed by atoms with van der Waals surface area (Å²) in [4.78, 5) is 4.32. The van der Waals surface area contributed by atoms with Gasteiger partial charge in [-0.2, -0.15) is 0 Å². The van der Waals surface area contributed by atoms with Gasteiger partial charge in [0.15, 0.2) is 4.34 Å². The summed E-state index contributed by atoms with van der Waals surface area (Å²) in [5, 5.41) is 0. The number of aromatic nitrogens is 1. The van der Waals surface area contributed by atoms with Gasteiger partial charge in [0.1, 0.15) is 5.82 Å². The molecular weight excluding hydrogens is 295 g/mol. The minimum atomic E-state index is -1.36. The summed E-state index contributed by atoms with van der Waals surface area (Å²) >= 11 is 1.33. The van der Waals surface area contributed by atoms with E-state index in [1.54, 1.807) is 36.4 Å². The van der Waals surface area contributed by atoms with E-state index in [9.17, 15) is 8.60 Å². The lowest BCUT2D eigenvalue weighted by atomic mass is 10.2. The Kier molecular flexibility index (Phi) is 3.50. The third kappa shape index (κ3) is 2.57. The van der Waals surface area contributed by atoms with Crippen molar-refractivity contribution in [2.75, 3.05) is 5.73 Å². The van der Waals surface area contributed by atoms with E-state index in [-0.39, 0.29) is 11.6 Å². The number of fused-ring (bicyclic) bond motifs is 1. The second-order valence-electron chi connectivity index (χ2n) is 4.29. The van der Waals surface area contributed by atoms with Gasteiger partial charge in [0.05, 0.1) is 26.8 Å². The van der Waals surface area contributed by atoms with Crippen LogP contribution in [0.4, 0.5) is 10.1 Å². The van der Waals surface area contributed by atoms with E-state index >= 15 is 0 Å². The molecule has 0 saturated carbocycles. The first kappa shape index (κ1) is 13.2. The maximum absolute atomic E-state index is 13.6. The van der Waals surface area contributed by atoms with Crippen LogP contribution < -0.4 is 5.73 Å². The van der Waals surface area contributed by atoms with Gasteiger partial charge in [0, 0.05) is 11.3 Å². The summed E-state index contributed by atoms with van der Waals surface area (Å²) in [6.07, 6.45) is 0. The van der Waals surface area contributed by atoms with E-state index in [2.05, 4.69) is 4.98 Å². The first-order valence-corrected chi connectivity index (χ1v) is 8.05. The zero-order valence-corrected chi connectivity index (χ0v) is 12.0. The molecule has 2 N–H and O–H groups in total. The van der Waals surface area contributed by atoms with Gasteiger partial charge in [-0.25, -0.2) is 9.37 Å². The topological polar surface area (TPSA) is 56.0 Å². The quantitative estimate of drug-likeness (QED) is 0.755. The van der Waals surface area contributed by atoms with E-state index in [0.29, 0.717) is 15.6 Å². The zero-order valence-electron chi connectivity index (χ0n) is 10.4. The van der Waals surface area contributed by atoms with Gasteiger partial charge in [-0.15, -0.1) is 11.3 Å². The molecule has 0 aliphatic heterocycles. The number of nitrogen functional groups attached to an aromatic ring is 1. The number of rotatable bonds is 3. The van der Waals surface area contributed by atoms with Crippen LogP contribution in [0.1, 0.15) is 5.56 Å². The number of anilines is 1. The van der Waals surface area contributed by atoms with Crippen LogP contribution in [0.5, 0.6) is 0 Å². The Morgan fingerprint density at radius 1 is 1.25 bits per heavy atom. The van der Waals surface area contributed by atoms with Gasteiger partial charge in [-0.05, 0) is 24.3 Å². The highest BCUT2D eigenvalue weighted by atomic mass is 32.2. The van der Waals surface area contributed by atoms with Gasteiger partial charge >= 0.3 is 0 Å². The first-order valence-electron chi connectivity index (χ1n) is 5.91. The normalized spacial score (nSPS) is 12.7. The van der Waals surface area contributed by atoms with E-state index in [1.807, 2.05) is 0 Å². The third-order valence-corrected chi connectivity index (χ3v) is 5.51. The fourth-order valence-electron chi connectivity index (χ4n) is 1.84. The van der Waals surface area contributed by atoms with Gasteiger partial charge in [0.2, 0.25) is 0 Å². The average molecular weight is 306 g/mol.